The Hall–Kier alpha value is -0.660. The van der Waals surface area contributed by atoms with Crippen LogP contribution in [0.3, 0.4) is 0 Å². The lowest BCUT2D eigenvalue weighted by Crippen LogP contribution is -2.49. The molecule has 16 heavy (non-hydrogen) atoms. The largest absolute Gasteiger partial charge is 0.480 e. The number of carbonyl (C=O) groups is 1. The van der Waals surface area contributed by atoms with Gasteiger partial charge in [0.25, 0.3) is 10.2 Å². The zero-order chi connectivity index (χ0) is 12.3. The molecule has 3 N–H and O–H groups in total. The summed E-state index contributed by atoms with van der Waals surface area (Å²) in [5, 5.41) is 8.93. The van der Waals surface area contributed by atoms with Crippen molar-refractivity contribution >= 4 is 16.2 Å². The molecule has 0 radical (unpaired) electrons. The molecule has 0 bridgehead atoms. The molecule has 7 heteroatoms. The Balaban J connectivity index is 2.62. The minimum Gasteiger partial charge on any atom is -0.480 e. The van der Waals surface area contributed by atoms with E-state index in [4.69, 9.17) is 5.11 Å². The number of carboxylic acids is 1. The average Bonchev–Trinajstić information content (AvgIpc) is 2.95. The maximum Gasteiger partial charge on any atom is 0.322 e. The van der Waals surface area contributed by atoms with E-state index in [-0.39, 0.29) is 12.0 Å². The molecule has 0 heterocycles. The first kappa shape index (κ1) is 13.4. The van der Waals surface area contributed by atoms with Crippen molar-refractivity contribution in [2.24, 2.45) is 5.92 Å². The molecule has 1 rings (SSSR count). The van der Waals surface area contributed by atoms with Crippen molar-refractivity contribution in [3.8, 4) is 0 Å². The Labute approximate surface area is 95.6 Å². The van der Waals surface area contributed by atoms with Gasteiger partial charge in [0.1, 0.15) is 6.04 Å². The molecule has 0 amide bonds. The molecule has 0 aromatic carbocycles. The smallest absolute Gasteiger partial charge is 0.322 e. The van der Waals surface area contributed by atoms with Crippen molar-refractivity contribution < 1.29 is 18.3 Å². The molecule has 0 aromatic heterocycles. The molecule has 2 atom stereocenters. The van der Waals surface area contributed by atoms with E-state index in [1.54, 1.807) is 6.92 Å². The molecule has 0 aliphatic heterocycles. The van der Waals surface area contributed by atoms with Crippen molar-refractivity contribution in [1.82, 2.24) is 9.44 Å². The summed E-state index contributed by atoms with van der Waals surface area (Å²) in [7, 11) is -3.70. The van der Waals surface area contributed by atoms with Gasteiger partial charge < -0.3 is 5.11 Å². The van der Waals surface area contributed by atoms with Gasteiger partial charge in [0.05, 0.1) is 0 Å². The van der Waals surface area contributed by atoms with Crippen molar-refractivity contribution in [2.45, 2.75) is 45.2 Å². The first-order valence-corrected chi connectivity index (χ1v) is 6.86. The monoisotopic (exact) mass is 250 g/mol. The van der Waals surface area contributed by atoms with Crippen LogP contribution in [0.15, 0.2) is 0 Å². The van der Waals surface area contributed by atoms with E-state index in [9.17, 15) is 13.2 Å². The molecule has 0 unspecified atom stereocenters. The Morgan fingerprint density at radius 2 is 2.06 bits per heavy atom. The Bertz CT molecular complexity index is 351. The van der Waals surface area contributed by atoms with Gasteiger partial charge in [0.15, 0.2) is 0 Å². The van der Waals surface area contributed by atoms with Crippen molar-refractivity contribution in [1.29, 1.82) is 0 Å². The van der Waals surface area contributed by atoms with E-state index in [2.05, 4.69) is 9.44 Å². The molecule has 1 aliphatic rings. The number of aliphatic carboxylic acids is 1. The lowest BCUT2D eigenvalue weighted by atomic mass is 10.0. The quantitative estimate of drug-likeness (QED) is 0.596. The maximum absolute atomic E-state index is 11.5. The van der Waals surface area contributed by atoms with Crippen LogP contribution in [0, 0.1) is 5.92 Å². The third-order valence-electron chi connectivity index (χ3n) is 2.66. The number of rotatable bonds is 7. The molecule has 0 spiro atoms. The third-order valence-corrected chi connectivity index (χ3v) is 3.87. The van der Waals surface area contributed by atoms with E-state index < -0.39 is 22.2 Å². The molecule has 0 saturated heterocycles. The van der Waals surface area contributed by atoms with Gasteiger partial charge >= 0.3 is 5.97 Å². The highest BCUT2D eigenvalue weighted by atomic mass is 32.2. The Kier molecular flexibility index (Phi) is 4.28. The SMILES string of the molecule is CC[C@H](C)[C@H](NS(=O)(=O)NC1CC1)C(=O)O. The number of hydrogen-bond acceptors (Lipinski definition) is 3. The van der Waals surface area contributed by atoms with Crippen LogP contribution >= 0.6 is 0 Å². The minimum absolute atomic E-state index is 0.0242. The topological polar surface area (TPSA) is 95.5 Å². The number of nitrogens with one attached hydrogen (secondary N) is 2. The zero-order valence-electron chi connectivity index (χ0n) is 9.43. The summed E-state index contributed by atoms with van der Waals surface area (Å²) in [5.41, 5.74) is 0. The lowest BCUT2D eigenvalue weighted by molar-refractivity contribution is -0.140. The molecule has 94 valence electrons. The van der Waals surface area contributed by atoms with Crippen molar-refractivity contribution in [2.75, 3.05) is 0 Å². The summed E-state index contributed by atoms with van der Waals surface area (Å²) in [6, 6.07) is -1.09. The summed E-state index contributed by atoms with van der Waals surface area (Å²) in [6.07, 6.45) is 2.24. The van der Waals surface area contributed by atoms with E-state index in [1.165, 1.54) is 0 Å². The molecular formula is C9H18N2O4S. The van der Waals surface area contributed by atoms with Crippen molar-refractivity contribution in [3.63, 3.8) is 0 Å². The average molecular weight is 250 g/mol. The first-order chi connectivity index (χ1) is 7.35. The van der Waals surface area contributed by atoms with Gasteiger partial charge in [-0.05, 0) is 18.8 Å². The fourth-order valence-corrected chi connectivity index (χ4v) is 2.68. The van der Waals surface area contributed by atoms with Crippen LogP contribution < -0.4 is 9.44 Å². The van der Waals surface area contributed by atoms with Crippen LogP contribution in [-0.2, 0) is 15.0 Å². The molecular weight excluding hydrogens is 232 g/mol. The Morgan fingerprint density at radius 1 is 1.50 bits per heavy atom. The molecule has 1 fully saturated rings. The maximum atomic E-state index is 11.5. The van der Waals surface area contributed by atoms with Crippen LogP contribution in [0.2, 0.25) is 0 Å². The second-order valence-electron chi connectivity index (χ2n) is 4.21. The summed E-state index contributed by atoms with van der Waals surface area (Å²) in [4.78, 5) is 10.9. The second kappa shape index (κ2) is 5.11. The van der Waals surface area contributed by atoms with Gasteiger partial charge in [-0.2, -0.15) is 17.9 Å². The number of carboxylic acid groups (broad SMARTS) is 1. The molecule has 0 aromatic rings. The zero-order valence-corrected chi connectivity index (χ0v) is 10.3. The second-order valence-corrected chi connectivity index (χ2v) is 5.69. The predicted molar refractivity (Wildman–Crippen MR) is 59.1 cm³/mol. The van der Waals surface area contributed by atoms with E-state index in [1.807, 2.05) is 6.92 Å². The highest BCUT2D eigenvalue weighted by Gasteiger charge is 2.32. The fraction of sp³-hybridized carbons (Fsp3) is 0.889. The molecule has 1 aliphatic carbocycles. The van der Waals surface area contributed by atoms with Gasteiger partial charge in [-0.25, -0.2) is 0 Å². The predicted octanol–water partition coefficient (Wildman–Crippen LogP) is 0.0721. The summed E-state index contributed by atoms with van der Waals surface area (Å²) in [5.74, 6) is -1.39. The van der Waals surface area contributed by atoms with Crippen molar-refractivity contribution in [3.05, 3.63) is 0 Å². The van der Waals surface area contributed by atoms with Gasteiger partial charge in [-0.1, -0.05) is 20.3 Å². The summed E-state index contributed by atoms with van der Waals surface area (Å²) >= 11 is 0. The summed E-state index contributed by atoms with van der Waals surface area (Å²) < 4.78 is 27.6. The van der Waals surface area contributed by atoms with E-state index in [0.29, 0.717) is 6.42 Å². The van der Waals surface area contributed by atoms with Gasteiger partial charge in [-0.15, -0.1) is 0 Å². The number of hydrogen-bond donors (Lipinski definition) is 3. The minimum atomic E-state index is -3.70. The lowest BCUT2D eigenvalue weighted by Gasteiger charge is -2.20. The highest BCUT2D eigenvalue weighted by Crippen LogP contribution is 2.19. The first-order valence-electron chi connectivity index (χ1n) is 5.38. The normalized spacial score (nSPS) is 20.4. The third kappa shape index (κ3) is 4.07. The van der Waals surface area contributed by atoms with E-state index >= 15 is 0 Å². The highest BCUT2D eigenvalue weighted by molar-refractivity contribution is 7.87. The van der Waals surface area contributed by atoms with E-state index in [0.717, 1.165) is 12.8 Å². The summed E-state index contributed by atoms with van der Waals surface area (Å²) in [6.45, 7) is 3.53. The Morgan fingerprint density at radius 3 is 2.44 bits per heavy atom. The van der Waals surface area contributed by atoms with Crippen LogP contribution in [0.1, 0.15) is 33.1 Å². The molecule has 6 nitrogen and oxygen atoms in total. The van der Waals surface area contributed by atoms with Crippen LogP contribution in [-0.4, -0.2) is 31.6 Å². The van der Waals surface area contributed by atoms with Gasteiger partial charge in [-0.3, -0.25) is 4.79 Å². The fourth-order valence-electron chi connectivity index (χ4n) is 1.27. The van der Waals surface area contributed by atoms with Crippen LogP contribution in [0.5, 0.6) is 0 Å². The van der Waals surface area contributed by atoms with Crippen LogP contribution in [0.4, 0.5) is 0 Å². The van der Waals surface area contributed by atoms with Gasteiger partial charge in [0.2, 0.25) is 0 Å². The molecule has 1 saturated carbocycles. The van der Waals surface area contributed by atoms with Gasteiger partial charge in [0, 0.05) is 6.04 Å². The van der Waals surface area contributed by atoms with Crippen LogP contribution in [0.25, 0.3) is 0 Å². The standard InChI is InChI=1S/C9H18N2O4S/c1-3-6(2)8(9(12)13)11-16(14,15)10-7-4-5-7/h6-8,10-11H,3-5H2,1-2H3,(H,12,13)/t6-,8-/m0/s1.